The van der Waals surface area contributed by atoms with Gasteiger partial charge in [-0.3, -0.25) is 0 Å². The van der Waals surface area contributed by atoms with E-state index >= 15 is 0 Å². The van der Waals surface area contributed by atoms with Crippen molar-refractivity contribution in [2.24, 2.45) is 0 Å². The number of halogens is 1. The molecule has 1 rings (SSSR count). The first-order valence-electron chi connectivity index (χ1n) is 7.49. The number of nitrogens with zero attached hydrogens (tertiary/aromatic N) is 1. The fourth-order valence-corrected chi connectivity index (χ4v) is 2.19. The number of hydrogen-bond acceptors (Lipinski definition) is 2. The van der Waals surface area contributed by atoms with Gasteiger partial charge in [0.05, 0.1) is 5.69 Å². The van der Waals surface area contributed by atoms with Crippen LogP contribution in [0.15, 0.2) is 24.3 Å². The molecule has 2 nitrogen and oxygen atoms in total. The van der Waals surface area contributed by atoms with Crippen LogP contribution in [0.2, 0.25) is 0 Å². The molecule has 0 saturated heterocycles. The summed E-state index contributed by atoms with van der Waals surface area (Å²) in [7, 11) is 0. The van der Waals surface area contributed by atoms with Crippen molar-refractivity contribution in [3.8, 4) is 0 Å². The first kappa shape index (κ1) is 16.0. The van der Waals surface area contributed by atoms with Crippen LogP contribution >= 0.6 is 0 Å². The van der Waals surface area contributed by atoms with Crippen LogP contribution in [0, 0.1) is 5.82 Å². The van der Waals surface area contributed by atoms with Crippen molar-refractivity contribution in [3.05, 3.63) is 30.1 Å². The van der Waals surface area contributed by atoms with E-state index in [9.17, 15) is 4.39 Å². The summed E-state index contributed by atoms with van der Waals surface area (Å²) in [4.78, 5) is 2.12. The largest absolute Gasteiger partial charge is 0.369 e. The Morgan fingerprint density at radius 1 is 1.05 bits per heavy atom. The Labute approximate surface area is 117 Å². The lowest BCUT2D eigenvalue weighted by molar-refractivity contribution is 0.585. The summed E-state index contributed by atoms with van der Waals surface area (Å²) in [6, 6.07) is 7.04. The first-order valence-corrected chi connectivity index (χ1v) is 7.49. The summed E-state index contributed by atoms with van der Waals surface area (Å²) < 4.78 is 13.7. The van der Waals surface area contributed by atoms with Crippen LogP contribution in [0.1, 0.15) is 39.5 Å². The molecule has 0 aliphatic carbocycles. The third-order valence-electron chi connectivity index (χ3n) is 3.28. The highest BCUT2D eigenvalue weighted by molar-refractivity contribution is 5.47. The van der Waals surface area contributed by atoms with Crippen LogP contribution in [0.25, 0.3) is 0 Å². The van der Waals surface area contributed by atoms with E-state index in [1.54, 1.807) is 6.07 Å². The van der Waals surface area contributed by atoms with Gasteiger partial charge in [0.15, 0.2) is 0 Å². The molecule has 0 atom stereocenters. The minimum absolute atomic E-state index is 0.117. The quantitative estimate of drug-likeness (QED) is 0.648. The Hall–Kier alpha value is -1.09. The second kappa shape index (κ2) is 9.79. The smallest absolute Gasteiger partial charge is 0.146 e. The number of nitrogens with one attached hydrogen (secondary N) is 1. The zero-order valence-corrected chi connectivity index (χ0v) is 12.3. The minimum atomic E-state index is -0.117. The van der Waals surface area contributed by atoms with Crippen molar-refractivity contribution in [2.45, 2.75) is 39.5 Å². The molecule has 1 N–H and O–H groups in total. The van der Waals surface area contributed by atoms with E-state index in [0.29, 0.717) is 0 Å². The molecule has 0 saturated carbocycles. The standard InChI is InChI=1S/C16H27FN2/c1-3-12-18-13-8-5-9-14-19(4-2)16-11-7-6-10-15(16)17/h6-7,10-11,18H,3-5,8-9,12-14H2,1-2H3. The normalized spacial score (nSPS) is 10.7. The number of para-hydroxylation sites is 1. The number of rotatable bonds is 10. The highest BCUT2D eigenvalue weighted by atomic mass is 19.1. The second-order valence-corrected chi connectivity index (χ2v) is 4.84. The monoisotopic (exact) mass is 266 g/mol. The van der Waals surface area contributed by atoms with Gasteiger partial charge in [0.1, 0.15) is 5.82 Å². The van der Waals surface area contributed by atoms with E-state index in [0.717, 1.165) is 38.3 Å². The lowest BCUT2D eigenvalue weighted by Crippen LogP contribution is -2.25. The molecule has 0 unspecified atom stereocenters. The van der Waals surface area contributed by atoms with E-state index in [2.05, 4.69) is 24.1 Å². The molecular formula is C16H27FN2. The van der Waals surface area contributed by atoms with Crippen LogP contribution in [-0.2, 0) is 0 Å². The van der Waals surface area contributed by atoms with Gasteiger partial charge in [-0.05, 0) is 51.4 Å². The maximum atomic E-state index is 13.7. The molecule has 19 heavy (non-hydrogen) atoms. The van der Waals surface area contributed by atoms with Gasteiger partial charge in [-0.1, -0.05) is 25.5 Å². The van der Waals surface area contributed by atoms with Gasteiger partial charge < -0.3 is 10.2 Å². The van der Waals surface area contributed by atoms with E-state index in [1.807, 2.05) is 12.1 Å². The number of hydrogen-bond donors (Lipinski definition) is 1. The topological polar surface area (TPSA) is 15.3 Å². The predicted molar refractivity (Wildman–Crippen MR) is 81.3 cm³/mol. The first-order chi connectivity index (χ1) is 9.29. The van der Waals surface area contributed by atoms with Gasteiger partial charge in [-0.15, -0.1) is 0 Å². The van der Waals surface area contributed by atoms with Crippen LogP contribution in [0.4, 0.5) is 10.1 Å². The van der Waals surface area contributed by atoms with Gasteiger partial charge in [-0.2, -0.15) is 0 Å². The summed E-state index contributed by atoms with van der Waals surface area (Å²) >= 11 is 0. The molecule has 108 valence electrons. The molecule has 0 aliphatic heterocycles. The highest BCUT2D eigenvalue weighted by Crippen LogP contribution is 2.18. The van der Waals surface area contributed by atoms with E-state index in [1.165, 1.54) is 25.3 Å². The van der Waals surface area contributed by atoms with Gasteiger partial charge in [-0.25, -0.2) is 4.39 Å². The molecule has 0 fully saturated rings. The Morgan fingerprint density at radius 2 is 1.84 bits per heavy atom. The highest BCUT2D eigenvalue weighted by Gasteiger charge is 2.08. The molecule has 0 heterocycles. The SMILES string of the molecule is CCCNCCCCCN(CC)c1ccccc1F. The molecule has 0 spiro atoms. The molecule has 0 amide bonds. The zero-order chi connectivity index (χ0) is 13.9. The van der Waals surface area contributed by atoms with Gasteiger partial charge in [0.25, 0.3) is 0 Å². The maximum Gasteiger partial charge on any atom is 0.146 e. The van der Waals surface area contributed by atoms with Crippen molar-refractivity contribution in [1.82, 2.24) is 5.32 Å². The van der Waals surface area contributed by atoms with Crippen molar-refractivity contribution < 1.29 is 4.39 Å². The fraction of sp³-hybridized carbons (Fsp3) is 0.625. The van der Waals surface area contributed by atoms with Crippen molar-refractivity contribution in [3.63, 3.8) is 0 Å². The number of anilines is 1. The summed E-state index contributed by atoms with van der Waals surface area (Å²) in [5.74, 6) is -0.117. The van der Waals surface area contributed by atoms with Gasteiger partial charge in [0.2, 0.25) is 0 Å². The van der Waals surface area contributed by atoms with Crippen LogP contribution in [-0.4, -0.2) is 26.2 Å². The molecule has 0 aromatic heterocycles. The Morgan fingerprint density at radius 3 is 2.53 bits per heavy atom. The van der Waals surface area contributed by atoms with E-state index in [4.69, 9.17) is 0 Å². The lowest BCUT2D eigenvalue weighted by atomic mass is 10.2. The number of benzene rings is 1. The van der Waals surface area contributed by atoms with Crippen LogP contribution in [0.5, 0.6) is 0 Å². The van der Waals surface area contributed by atoms with Crippen molar-refractivity contribution in [1.29, 1.82) is 0 Å². The van der Waals surface area contributed by atoms with Crippen molar-refractivity contribution >= 4 is 5.69 Å². The molecule has 0 aliphatic rings. The lowest BCUT2D eigenvalue weighted by Gasteiger charge is -2.23. The zero-order valence-electron chi connectivity index (χ0n) is 12.3. The molecule has 1 aromatic carbocycles. The van der Waals surface area contributed by atoms with Crippen LogP contribution in [0.3, 0.4) is 0 Å². The molecule has 1 aromatic rings. The number of unbranched alkanes of at least 4 members (excludes halogenated alkanes) is 2. The summed E-state index contributed by atoms with van der Waals surface area (Å²) in [6.07, 6.45) is 4.71. The molecular weight excluding hydrogens is 239 g/mol. The molecule has 0 bridgehead atoms. The molecule has 3 heteroatoms. The van der Waals surface area contributed by atoms with Gasteiger partial charge >= 0.3 is 0 Å². The molecule has 0 radical (unpaired) electrons. The fourth-order valence-electron chi connectivity index (χ4n) is 2.19. The summed E-state index contributed by atoms with van der Waals surface area (Å²) in [5, 5.41) is 3.40. The Balaban J connectivity index is 2.24. The van der Waals surface area contributed by atoms with E-state index < -0.39 is 0 Å². The maximum absolute atomic E-state index is 13.7. The average molecular weight is 266 g/mol. The average Bonchev–Trinajstić information content (AvgIpc) is 2.43. The Bertz CT molecular complexity index is 341. The third kappa shape index (κ3) is 6.06. The summed E-state index contributed by atoms with van der Waals surface area (Å²) in [5.41, 5.74) is 0.731. The third-order valence-corrected chi connectivity index (χ3v) is 3.28. The minimum Gasteiger partial charge on any atom is -0.369 e. The predicted octanol–water partition coefficient (Wildman–Crippen LogP) is 3.82. The Kier molecular flexibility index (Phi) is 8.23. The van der Waals surface area contributed by atoms with Crippen LogP contribution < -0.4 is 10.2 Å². The van der Waals surface area contributed by atoms with E-state index in [-0.39, 0.29) is 5.82 Å². The summed E-state index contributed by atoms with van der Waals surface area (Å²) in [6.45, 7) is 8.26. The van der Waals surface area contributed by atoms with Crippen molar-refractivity contribution in [2.75, 3.05) is 31.1 Å². The van der Waals surface area contributed by atoms with Gasteiger partial charge in [0, 0.05) is 13.1 Å². The second-order valence-electron chi connectivity index (χ2n) is 4.84.